The molecule has 116 valence electrons. The zero-order valence-electron chi connectivity index (χ0n) is 13.7. The van der Waals surface area contributed by atoms with Gasteiger partial charge in [0.25, 0.3) is 0 Å². The average molecular weight is 284 g/mol. The Morgan fingerprint density at radius 2 is 1.60 bits per heavy atom. The molecule has 0 aromatic rings. The number of methoxy groups -OCH3 is 1. The van der Waals surface area contributed by atoms with Gasteiger partial charge in [-0.15, -0.1) is 0 Å². The minimum atomic E-state index is -1.16. The topological polar surface area (TPSA) is 52.6 Å². The second-order valence-corrected chi connectivity index (χ2v) is 7.04. The van der Waals surface area contributed by atoms with E-state index in [0.29, 0.717) is 12.8 Å². The quantitative estimate of drug-likeness (QED) is 0.575. The molecule has 0 aliphatic heterocycles. The van der Waals surface area contributed by atoms with Crippen molar-refractivity contribution in [3.8, 4) is 0 Å². The molecule has 1 saturated carbocycles. The Kier molecular flexibility index (Phi) is 5.01. The van der Waals surface area contributed by atoms with E-state index in [0.717, 1.165) is 12.8 Å². The van der Waals surface area contributed by atoms with Gasteiger partial charge in [-0.1, -0.05) is 13.8 Å². The number of hydrogen-bond donors (Lipinski definition) is 0. The van der Waals surface area contributed by atoms with E-state index in [2.05, 4.69) is 13.8 Å². The Morgan fingerprint density at radius 3 is 2.00 bits per heavy atom. The van der Waals surface area contributed by atoms with Crippen LogP contribution in [0.2, 0.25) is 0 Å². The summed E-state index contributed by atoms with van der Waals surface area (Å²) in [6.45, 7) is 9.69. The molecule has 0 amide bonds. The predicted octanol–water partition coefficient (Wildman–Crippen LogP) is 3.13. The normalized spacial score (nSPS) is 21.3. The first-order valence-corrected chi connectivity index (χ1v) is 7.38. The summed E-state index contributed by atoms with van der Waals surface area (Å²) < 4.78 is 10.6. The number of esters is 1. The van der Waals surface area contributed by atoms with Crippen molar-refractivity contribution in [3.63, 3.8) is 0 Å². The lowest BCUT2D eigenvalue weighted by Crippen LogP contribution is -2.53. The highest BCUT2D eigenvalue weighted by Gasteiger charge is 2.52. The van der Waals surface area contributed by atoms with Gasteiger partial charge in [0.05, 0.1) is 6.61 Å². The molecule has 0 aromatic carbocycles. The van der Waals surface area contributed by atoms with Gasteiger partial charge in [0.15, 0.2) is 5.78 Å². The lowest BCUT2D eigenvalue weighted by Gasteiger charge is -2.44. The second-order valence-electron chi connectivity index (χ2n) is 7.04. The van der Waals surface area contributed by atoms with E-state index in [9.17, 15) is 9.59 Å². The van der Waals surface area contributed by atoms with Crippen molar-refractivity contribution in [3.05, 3.63) is 0 Å². The summed E-state index contributed by atoms with van der Waals surface area (Å²) in [5.74, 6) is -0.618. The number of Topliss-reactive ketones (excluding diaryl/α,β-unsaturated/α-hetero) is 1. The van der Waals surface area contributed by atoms with Gasteiger partial charge in [0.2, 0.25) is 0 Å². The number of carbonyl (C=O) groups excluding carboxylic acids is 2. The third kappa shape index (κ3) is 3.22. The van der Waals surface area contributed by atoms with Gasteiger partial charge in [-0.2, -0.15) is 0 Å². The van der Waals surface area contributed by atoms with Crippen molar-refractivity contribution in [2.24, 2.45) is 10.8 Å². The van der Waals surface area contributed by atoms with Crippen molar-refractivity contribution in [1.82, 2.24) is 0 Å². The molecule has 0 N–H and O–H groups in total. The number of carbonyl (C=O) groups is 2. The molecule has 1 fully saturated rings. The van der Waals surface area contributed by atoms with E-state index in [4.69, 9.17) is 9.47 Å². The van der Waals surface area contributed by atoms with Crippen molar-refractivity contribution < 1.29 is 19.1 Å². The molecule has 4 nitrogen and oxygen atoms in total. The van der Waals surface area contributed by atoms with Crippen LogP contribution in [0.15, 0.2) is 0 Å². The van der Waals surface area contributed by atoms with Crippen LogP contribution in [-0.4, -0.2) is 31.1 Å². The van der Waals surface area contributed by atoms with E-state index >= 15 is 0 Å². The van der Waals surface area contributed by atoms with Crippen molar-refractivity contribution in [1.29, 1.82) is 0 Å². The predicted molar refractivity (Wildman–Crippen MR) is 77.4 cm³/mol. The molecule has 0 atom stereocenters. The van der Waals surface area contributed by atoms with E-state index in [1.54, 1.807) is 27.9 Å². The molecule has 0 heterocycles. The minimum absolute atomic E-state index is 0.151. The first-order chi connectivity index (χ1) is 9.11. The average Bonchev–Trinajstić information content (AvgIpc) is 2.39. The first kappa shape index (κ1) is 17.2. The minimum Gasteiger partial charge on any atom is -0.465 e. The molecule has 1 aliphatic carbocycles. The summed E-state index contributed by atoms with van der Waals surface area (Å²) in [4.78, 5) is 24.9. The maximum atomic E-state index is 12.9. The summed E-state index contributed by atoms with van der Waals surface area (Å²) in [5, 5.41) is 0. The fraction of sp³-hybridized carbons (Fsp3) is 0.875. The summed E-state index contributed by atoms with van der Waals surface area (Å²) >= 11 is 0. The van der Waals surface area contributed by atoms with Crippen LogP contribution in [0.5, 0.6) is 0 Å². The van der Waals surface area contributed by atoms with E-state index in [1.807, 2.05) is 0 Å². The number of rotatable bonds is 5. The Morgan fingerprint density at radius 1 is 1.10 bits per heavy atom. The lowest BCUT2D eigenvalue weighted by molar-refractivity contribution is -0.170. The standard InChI is InChI=1S/C16H28O4/c1-7-20-13(18)15(4,5)12(17)16(19-6)10-8-14(2,3)9-11-16/h7-11H2,1-6H3. The molecule has 0 saturated heterocycles. The third-order valence-electron chi connectivity index (χ3n) is 4.57. The fourth-order valence-electron chi connectivity index (χ4n) is 2.83. The van der Waals surface area contributed by atoms with E-state index in [-0.39, 0.29) is 17.8 Å². The Bertz CT molecular complexity index is 372. The van der Waals surface area contributed by atoms with E-state index in [1.165, 1.54) is 0 Å². The zero-order valence-corrected chi connectivity index (χ0v) is 13.7. The van der Waals surface area contributed by atoms with Crippen molar-refractivity contribution in [2.45, 2.75) is 65.9 Å². The molecular formula is C16H28O4. The third-order valence-corrected chi connectivity index (χ3v) is 4.57. The molecule has 1 rings (SSSR count). The van der Waals surface area contributed by atoms with Crippen LogP contribution >= 0.6 is 0 Å². The molecule has 0 aromatic heterocycles. The van der Waals surface area contributed by atoms with Crippen LogP contribution in [0.3, 0.4) is 0 Å². The molecule has 4 heteroatoms. The zero-order chi connectivity index (χ0) is 15.6. The van der Waals surface area contributed by atoms with Crippen molar-refractivity contribution >= 4 is 11.8 Å². The van der Waals surface area contributed by atoms with Gasteiger partial charge in [-0.05, 0) is 51.9 Å². The highest BCUT2D eigenvalue weighted by Crippen LogP contribution is 2.45. The monoisotopic (exact) mass is 284 g/mol. The summed E-state index contributed by atoms with van der Waals surface area (Å²) in [6.07, 6.45) is 3.17. The second kappa shape index (κ2) is 5.84. The largest absolute Gasteiger partial charge is 0.465 e. The molecular weight excluding hydrogens is 256 g/mol. The summed E-state index contributed by atoms with van der Waals surface area (Å²) in [5.41, 5.74) is -1.77. The molecule has 1 aliphatic rings. The van der Waals surface area contributed by atoms with Crippen LogP contribution in [0.25, 0.3) is 0 Å². The number of ether oxygens (including phenoxy) is 2. The van der Waals surface area contributed by atoms with Gasteiger partial charge in [-0.25, -0.2) is 0 Å². The van der Waals surface area contributed by atoms with Crippen LogP contribution in [0.1, 0.15) is 60.3 Å². The van der Waals surface area contributed by atoms with Gasteiger partial charge >= 0.3 is 5.97 Å². The van der Waals surface area contributed by atoms with Crippen LogP contribution < -0.4 is 0 Å². The molecule has 0 radical (unpaired) electrons. The van der Waals surface area contributed by atoms with Gasteiger partial charge in [0.1, 0.15) is 11.0 Å². The highest BCUT2D eigenvalue weighted by molar-refractivity contribution is 6.07. The maximum absolute atomic E-state index is 12.9. The Balaban J connectivity index is 2.95. The van der Waals surface area contributed by atoms with Gasteiger partial charge in [-0.3, -0.25) is 9.59 Å². The lowest BCUT2D eigenvalue weighted by atomic mass is 9.65. The van der Waals surface area contributed by atoms with Crippen LogP contribution in [0.4, 0.5) is 0 Å². The van der Waals surface area contributed by atoms with Gasteiger partial charge in [0, 0.05) is 7.11 Å². The summed E-state index contributed by atoms with van der Waals surface area (Å²) in [6, 6.07) is 0. The van der Waals surface area contributed by atoms with Crippen LogP contribution in [-0.2, 0) is 19.1 Å². The molecule has 0 unspecified atom stereocenters. The highest BCUT2D eigenvalue weighted by atomic mass is 16.5. The number of hydrogen-bond acceptors (Lipinski definition) is 4. The summed E-state index contributed by atoms with van der Waals surface area (Å²) in [7, 11) is 1.57. The molecule has 0 spiro atoms. The SMILES string of the molecule is CCOC(=O)C(C)(C)C(=O)C1(OC)CCC(C)(C)CC1. The van der Waals surface area contributed by atoms with E-state index < -0.39 is 17.0 Å². The van der Waals surface area contributed by atoms with Crippen LogP contribution in [0, 0.1) is 10.8 Å². The van der Waals surface area contributed by atoms with Crippen molar-refractivity contribution in [2.75, 3.05) is 13.7 Å². The first-order valence-electron chi connectivity index (χ1n) is 7.38. The smallest absolute Gasteiger partial charge is 0.319 e. The fourth-order valence-corrected chi connectivity index (χ4v) is 2.83. The number of ketones is 1. The molecule has 20 heavy (non-hydrogen) atoms. The Hall–Kier alpha value is -0.900. The Labute approximate surface area is 122 Å². The van der Waals surface area contributed by atoms with Gasteiger partial charge < -0.3 is 9.47 Å². The maximum Gasteiger partial charge on any atom is 0.319 e. The molecule has 0 bridgehead atoms.